The van der Waals surface area contributed by atoms with Crippen molar-refractivity contribution in [2.75, 3.05) is 13.2 Å². The van der Waals surface area contributed by atoms with Gasteiger partial charge >= 0.3 is 6.03 Å². The highest BCUT2D eigenvalue weighted by Crippen LogP contribution is 2.45. The van der Waals surface area contributed by atoms with Crippen molar-refractivity contribution in [3.8, 4) is 0 Å². The largest absolute Gasteiger partial charge is 0.376 e. The van der Waals surface area contributed by atoms with E-state index in [4.69, 9.17) is 4.74 Å². The number of benzene rings is 1. The second-order valence-corrected chi connectivity index (χ2v) is 5.56. The van der Waals surface area contributed by atoms with E-state index in [1.807, 2.05) is 6.07 Å². The van der Waals surface area contributed by atoms with Crippen molar-refractivity contribution in [1.82, 2.24) is 10.6 Å². The number of hydrogen-bond donors (Lipinski definition) is 2. The van der Waals surface area contributed by atoms with Crippen molar-refractivity contribution >= 4 is 6.03 Å². The minimum Gasteiger partial charge on any atom is -0.376 e. The Hall–Kier alpha value is -1.62. The van der Waals surface area contributed by atoms with E-state index in [0.29, 0.717) is 6.54 Å². The molecule has 1 aliphatic heterocycles. The summed E-state index contributed by atoms with van der Waals surface area (Å²) < 4.78 is 18.7. The van der Waals surface area contributed by atoms with Crippen LogP contribution in [0.25, 0.3) is 0 Å². The van der Waals surface area contributed by atoms with Crippen LogP contribution in [-0.2, 0) is 10.3 Å². The van der Waals surface area contributed by atoms with Crippen LogP contribution in [0.15, 0.2) is 24.3 Å². The predicted molar refractivity (Wildman–Crippen MR) is 72.8 cm³/mol. The Labute approximate surface area is 117 Å². The molecule has 2 fully saturated rings. The molecule has 1 aromatic rings. The van der Waals surface area contributed by atoms with Gasteiger partial charge in [0.25, 0.3) is 0 Å². The third kappa shape index (κ3) is 2.93. The maximum atomic E-state index is 13.3. The zero-order valence-corrected chi connectivity index (χ0v) is 11.3. The van der Waals surface area contributed by atoms with Gasteiger partial charge in [-0.1, -0.05) is 12.1 Å². The fraction of sp³-hybridized carbons (Fsp3) is 0.533. The second-order valence-electron chi connectivity index (χ2n) is 5.56. The molecule has 2 amide bonds. The van der Waals surface area contributed by atoms with Crippen molar-refractivity contribution in [1.29, 1.82) is 0 Å². The Bertz CT molecular complexity index is 496. The highest BCUT2D eigenvalue weighted by atomic mass is 19.1. The average Bonchev–Trinajstić information content (AvgIpc) is 3.02. The first kappa shape index (κ1) is 13.4. The van der Waals surface area contributed by atoms with Crippen LogP contribution in [0.2, 0.25) is 0 Å². The van der Waals surface area contributed by atoms with Crippen molar-refractivity contribution in [3.05, 3.63) is 35.6 Å². The van der Waals surface area contributed by atoms with Crippen molar-refractivity contribution in [3.63, 3.8) is 0 Å². The molecule has 2 N–H and O–H groups in total. The van der Waals surface area contributed by atoms with Gasteiger partial charge in [-0.15, -0.1) is 0 Å². The molecular formula is C15H19FN2O2. The van der Waals surface area contributed by atoms with Crippen molar-refractivity contribution in [2.45, 2.75) is 37.3 Å². The van der Waals surface area contributed by atoms with Gasteiger partial charge in [0.15, 0.2) is 0 Å². The number of amides is 2. The zero-order valence-electron chi connectivity index (χ0n) is 11.3. The van der Waals surface area contributed by atoms with Crippen LogP contribution in [-0.4, -0.2) is 25.3 Å². The van der Waals surface area contributed by atoms with E-state index in [9.17, 15) is 9.18 Å². The zero-order chi connectivity index (χ0) is 14.0. The molecule has 0 spiro atoms. The molecule has 1 atom stereocenters. The molecule has 1 aromatic carbocycles. The Balaban J connectivity index is 1.55. The van der Waals surface area contributed by atoms with E-state index >= 15 is 0 Å². The Morgan fingerprint density at radius 2 is 2.30 bits per heavy atom. The number of carbonyl (C=O) groups excluding carboxylic acids is 1. The summed E-state index contributed by atoms with van der Waals surface area (Å²) in [5.74, 6) is -0.268. The van der Waals surface area contributed by atoms with Crippen LogP contribution >= 0.6 is 0 Å². The standard InChI is InChI=1S/C15H19FN2O2/c16-12-4-1-3-11(9-12)15(6-7-15)18-14(19)17-10-13-5-2-8-20-13/h1,3-4,9,13H,2,5-8,10H2,(H2,17,18,19). The maximum absolute atomic E-state index is 13.3. The summed E-state index contributed by atoms with van der Waals surface area (Å²) in [6.45, 7) is 1.31. The number of rotatable bonds is 4. The molecule has 1 saturated carbocycles. The van der Waals surface area contributed by atoms with Gasteiger partial charge in [0.05, 0.1) is 11.6 Å². The molecule has 3 rings (SSSR count). The van der Waals surface area contributed by atoms with E-state index in [-0.39, 0.29) is 23.5 Å². The minimum atomic E-state index is -0.386. The number of nitrogens with one attached hydrogen (secondary N) is 2. The highest BCUT2D eigenvalue weighted by Gasteiger charge is 2.45. The third-order valence-electron chi connectivity index (χ3n) is 3.99. The monoisotopic (exact) mass is 278 g/mol. The summed E-state index contributed by atoms with van der Waals surface area (Å²) in [4.78, 5) is 11.9. The molecule has 0 aromatic heterocycles. The van der Waals surface area contributed by atoms with E-state index in [1.165, 1.54) is 12.1 Å². The van der Waals surface area contributed by atoms with Crippen LogP contribution in [0.4, 0.5) is 9.18 Å². The lowest BCUT2D eigenvalue weighted by Crippen LogP contribution is -2.44. The average molecular weight is 278 g/mol. The smallest absolute Gasteiger partial charge is 0.315 e. The molecule has 20 heavy (non-hydrogen) atoms. The number of halogens is 1. The van der Waals surface area contributed by atoms with E-state index in [0.717, 1.165) is 37.9 Å². The molecule has 2 aliphatic rings. The van der Waals surface area contributed by atoms with Gasteiger partial charge in [0.1, 0.15) is 5.82 Å². The minimum absolute atomic E-state index is 0.130. The summed E-state index contributed by atoms with van der Waals surface area (Å²) in [6.07, 6.45) is 3.88. The summed E-state index contributed by atoms with van der Waals surface area (Å²) in [5, 5.41) is 5.80. The van der Waals surface area contributed by atoms with Crippen LogP contribution in [0.5, 0.6) is 0 Å². The quantitative estimate of drug-likeness (QED) is 0.888. The highest BCUT2D eigenvalue weighted by molar-refractivity contribution is 5.75. The van der Waals surface area contributed by atoms with Crippen molar-refractivity contribution in [2.24, 2.45) is 0 Å². The molecule has 5 heteroatoms. The van der Waals surface area contributed by atoms with E-state index in [1.54, 1.807) is 6.07 Å². The lowest BCUT2D eigenvalue weighted by molar-refractivity contribution is 0.111. The number of hydrogen-bond acceptors (Lipinski definition) is 2. The first-order chi connectivity index (χ1) is 9.68. The molecule has 0 bridgehead atoms. The van der Waals surface area contributed by atoms with Gasteiger partial charge in [0, 0.05) is 13.2 Å². The normalized spacial score (nSPS) is 23.4. The first-order valence-corrected chi connectivity index (χ1v) is 7.12. The fourth-order valence-electron chi connectivity index (χ4n) is 2.67. The van der Waals surface area contributed by atoms with Gasteiger partial charge < -0.3 is 15.4 Å². The number of carbonyl (C=O) groups is 1. The summed E-state index contributed by atoms with van der Waals surface area (Å²) >= 11 is 0. The summed E-state index contributed by atoms with van der Waals surface area (Å²) in [5.41, 5.74) is 0.452. The lowest BCUT2D eigenvalue weighted by atomic mass is 10.1. The van der Waals surface area contributed by atoms with Gasteiger partial charge in [-0.05, 0) is 43.4 Å². The second kappa shape index (κ2) is 5.40. The maximum Gasteiger partial charge on any atom is 0.315 e. The Kier molecular flexibility index (Phi) is 3.61. The summed E-state index contributed by atoms with van der Waals surface area (Å²) in [7, 11) is 0. The SMILES string of the molecule is O=C(NCC1CCCO1)NC1(c2cccc(F)c2)CC1. The fourth-order valence-corrected chi connectivity index (χ4v) is 2.67. The molecule has 0 radical (unpaired) electrons. The summed E-state index contributed by atoms with van der Waals surface area (Å²) in [6, 6.07) is 6.24. The lowest BCUT2D eigenvalue weighted by Gasteiger charge is -2.19. The molecule has 1 saturated heterocycles. The Morgan fingerprint density at radius 3 is 2.95 bits per heavy atom. The van der Waals surface area contributed by atoms with Gasteiger partial charge in [-0.3, -0.25) is 0 Å². The molecule has 4 nitrogen and oxygen atoms in total. The number of urea groups is 1. The van der Waals surface area contributed by atoms with Crippen LogP contribution in [0.1, 0.15) is 31.2 Å². The topological polar surface area (TPSA) is 50.4 Å². The number of ether oxygens (including phenoxy) is 1. The molecule has 1 unspecified atom stereocenters. The molecule has 1 aliphatic carbocycles. The third-order valence-corrected chi connectivity index (χ3v) is 3.99. The molecule has 108 valence electrons. The predicted octanol–water partition coefficient (Wildman–Crippen LogP) is 2.29. The van der Waals surface area contributed by atoms with Crippen LogP contribution in [0, 0.1) is 5.82 Å². The Morgan fingerprint density at radius 1 is 1.45 bits per heavy atom. The van der Waals surface area contributed by atoms with Crippen LogP contribution < -0.4 is 10.6 Å². The molecular weight excluding hydrogens is 259 g/mol. The first-order valence-electron chi connectivity index (χ1n) is 7.12. The van der Waals surface area contributed by atoms with E-state index < -0.39 is 0 Å². The van der Waals surface area contributed by atoms with Gasteiger partial charge in [-0.2, -0.15) is 0 Å². The molecule has 1 heterocycles. The van der Waals surface area contributed by atoms with Gasteiger partial charge in [0.2, 0.25) is 0 Å². The van der Waals surface area contributed by atoms with Gasteiger partial charge in [-0.25, -0.2) is 9.18 Å². The van der Waals surface area contributed by atoms with E-state index in [2.05, 4.69) is 10.6 Å². The van der Waals surface area contributed by atoms with Crippen LogP contribution in [0.3, 0.4) is 0 Å². The van der Waals surface area contributed by atoms with Crippen molar-refractivity contribution < 1.29 is 13.9 Å².